The van der Waals surface area contributed by atoms with Crippen molar-refractivity contribution in [1.82, 2.24) is 0 Å². The highest BCUT2D eigenvalue weighted by atomic mass is 16.7. The van der Waals surface area contributed by atoms with Crippen molar-refractivity contribution in [1.29, 1.82) is 0 Å². The number of benzene rings is 2. The lowest BCUT2D eigenvalue weighted by molar-refractivity contribution is 0.174. The van der Waals surface area contributed by atoms with E-state index in [2.05, 4.69) is 6.58 Å². The highest BCUT2D eigenvalue weighted by Crippen LogP contribution is 2.33. The van der Waals surface area contributed by atoms with Gasteiger partial charge >= 0.3 is 0 Å². The van der Waals surface area contributed by atoms with Gasteiger partial charge < -0.3 is 14.2 Å². The molecule has 0 atom stereocenters. The van der Waals surface area contributed by atoms with Crippen LogP contribution in [0, 0.1) is 6.92 Å². The van der Waals surface area contributed by atoms with Crippen LogP contribution in [0.1, 0.15) is 16.7 Å². The summed E-state index contributed by atoms with van der Waals surface area (Å²) in [5.74, 6) is 2.44. The van der Waals surface area contributed by atoms with Crippen molar-refractivity contribution in [2.24, 2.45) is 0 Å². The first-order valence-corrected chi connectivity index (χ1v) is 7.09. The van der Waals surface area contributed by atoms with E-state index in [0.29, 0.717) is 6.79 Å². The second kappa shape index (κ2) is 5.98. The van der Waals surface area contributed by atoms with Gasteiger partial charge in [-0.25, -0.2) is 0 Å². The molecule has 1 aliphatic heterocycles. The Kier molecular flexibility index (Phi) is 3.88. The van der Waals surface area contributed by atoms with Gasteiger partial charge in [-0.15, -0.1) is 0 Å². The van der Waals surface area contributed by atoms with Crippen molar-refractivity contribution in [3.63, 3.8) is 0 Å². The molecule has 0 unspecified atom stereocenters. The summed E-state index contributed by atoms with van der Waals surface area (Å²) in [6, 6.07) is 12.0. The molecule has 0 spiro atoms. The lowest BCUT2D eigenvalue weighted by Crippen LogP contribution is -1.92. The first-order chi connectivity index (χ1) is 10.7. The van der Waals surface area contributed by atoms with Crippen LogP contribution in [0.5, 0.6) is 17.2 Å². The molecule has 0 aliphatic carbocycles. The molecule has 0 saturated carbocycles. The van der Waals surface area contributed by atoms with E-state index in [0.717, 1.165) is 39.5 Å². The smallest absolute Gasteiger partial charge is 0.231 e. The van der Waals surface area contributed by atoms with Crippen molar-refractivity contribution in [2.45, 2.75) is 6.92 Å². The molecule has 1 aliphatic rings. The molecule has 1 heterocycles. The molecule has 0 N–H and O–H groups in total. The highest BCUT2D eigenvalue weighted by molar-refractivity contribution is 5.78. The zero-order valence-electron chi connectivity index (χ0n) is 12.8. The van der Waals surface area contributed by atoms with E-state index in [4.69, 9.17) is 14.2 Å². The molecule has 112 valence electrons. The van der Waals surface area contributed by atoms with Gasteiger partial charge in [-0.05, 0) is 47.4 Å². The predicted molar refractivity (Wildman–Crippen MR) is 88.4 cm³/mol. The number of hydrogen-bond donors (Lipinski definition) is 0. The monoisotopic (exact) mass is 294 g/mol. The van der Waals surface area contributed by atoms with Gasteiger partial charge in [0.2, 0.25) is 6.79 Å². The van der Waals surface area contributed by atoms with Gasteiger partial charge in [0.15, 0.2) is 11.5 Å². The van der Waals surface area contributed by atoms with Crippen molar-refractivity contribution in [2.75, 3.05) is 13.9 Å². The Morgan fingerprint density at radius 3 is 2.77 bits per heavy atom. The molecular formula is C19H18O3. The van der Waals surface area contributed by atoms with Gasteiger partial charge in [-0.2, -0.15) is 0 Å². The third-order valence-electron chi connectivity index (χ3n) is 3.65. The quantitative estimate of drug-likeness (QED) is 0.779. The summed E-state index contributed by atoms with van der Waals surface area (Å²) >= 11 is 0. The van der Waals surface area contributed by atoms with Crippen LogP contribution in [0.25, 0.3) is 11.6 Å². The average molecular weight is 294 g/mol. The Morgan fingerprint density at radius 2 is 1.95 bits per heavy atom. The second-order valence-corrected chi connectivity index (χ2v) is 5.16. The minimum atomic E-state index is 0.290. The molecule has 0 amide bonds. The zero-order chi connectivity index (χ0) is 15.5. The standard InChI is InChI=1S/C19H18O3/c1-13(16-8-5-14(2)18(11-16)20-3)4-6-15-7-9-17-19(10-15)22-12-21-17/h4-11H,1,12H2,2-3H3/b6-4+. The summed E-state index contributed by atoms with van der Waals surface area (Å²) in [4.78, 5) is 0. The fourth-order valence-corrected chi connectivity index (χ4v) is 2.33. The number of rotatable bonds is 4. The fourth-order valence-electron chi connectivity index (χ4n) is 2.33. The normalized spacial score (nSPS) is 12.6. The molecule has 0 fully saturated rings. The van der Waals surface area contributed by atoms with Gasteiger partial charge in [0.1, 0.15) is 5.75 Å². The van der Waals surface area contributed by atoms with E-state index in [1.165, 1.54) is 0 Å². The summed E-state index contributed by atoms with van der Waals surface area (Å²) in [5.41, 5.74) is 4.12. The van der Waals surface area contributed by atoms with Gasteiger partial charge in [0.25, 0.3) is 0 Å². The van der Waals surface area contributed by atoms with Gasteiger partial charge in [0, 0.05) is 0 Å². The van der Waals surface area contributed by atoms with Gasteiger partial charge in [0.05, 0.1) is 7.11 Å². The minimum absolute atomic E-state index is 0.290. The van der Waals surface area contributed by atoms with E-state index in [9.17, 15) is 0 Å². The predicted octanol–water partition coefficient (Wildman–Crippen LogP) is 4.46. The van der Waals surface area contributed by atoms with Crippen molar-refractivity contribution >= 4 is 11.6 Å². The first kappa shape index (κ1) is 14.3. The van der Waals surface area contributed by atoms with Gasteiger partial charge in [-0.1, -0.05) is 36.9 Å². The van der Waals surface area contributed by atoms with Crippen molar-refractivity contribution in [3.05, 3.63) is 65.7 Å². The number of methoxy groups -OCH3 is 1. The Balaban J connectivity index is 1.79. The molecule has 0 radical (unpaired) electrons. The van der Waals surface area contributed by atoms with Crippen LogP contribution in [0.2, 0.25) is 0 Å². The van der Waals surface area contributed by atoms with E-state index >= 15 is 0 Å². The van der Waals surface area contributed by atoms with Crippen molar-refractivity contribution < 1.29 is 14.2 Å². The first-order valence-electron chi connectivity index (χ1n) is 7.09. The van der Waals surface area contributed by atoms with Crippen LogP contribution in [0.3, 0.4) is 0 Å². The van der Waals surface area contributed by atoms with E-state index in [1.54, 1.807) is 7.11 Å². The van der Waals surface area contributed by atoms with E-state index in [1.807, 2.05) is 55.5 Å². The maximum absolute atomic E-state index is 5.38. The van der Waals surface area contributed by atoms with Crippen molar-refractivity contribution in [3.8, 4) is 17.2 Å². The molecule has 2 aromatic rings. The molecule has 0 aromatic heterocycles. The summed E-state index contributed by atoms with van der Waals surface area (Å²) in [6.45, 7) is 6.43. The third-order valence-corrected chi connectivity index (χ3v) is 3.65. The van der Waals surface area contributed by atoms with Crippen LogP contribution in [-0.4, -0.2) is 13.9 Å². The topological polar surface area (TPSA) is 27.7 Å². The van der Waals surface area contributed by atoms with Crippen LogP contribution >= 0.6 is 0 Å². The third kappa shape index (κ3) is 2.84. The minimum Gasteiger partial charge on any atom is -0.496 e. The molecule has 22 heavy (non-hydrogen) atoms. The molecule has 3 rings (SSSR count). The summed E-state index contributed by atoms with van der Waals surface area (Å²) in [5, 5.41) is 0. The number of fused-ring (bicyclic) bond motifs is 1. The maximum Gasteiger partial charge on any atom is 0.231 e. The lowest BCUT2D eigenvalue weighted by atomic mass is 10.0. The van der Waals surface area contributed by atoms with E-state index < -0.39 is 0 Å². The molecular weight excluding hydrogens is 276 g/mol. The Bertz CT molecular complexity index is 744. The number of aryl methyl sites for hydroxylation is 1. The number of allylic oxidation sites excluding steroid dienone is 2. The SMILES string of the molecule is C=C(/C=C/c1ccc2c(c1)OCO2)c1ccc(C)c(OC)c1. The maximum atomic E-state index is 5.38. The zero-order valence-corrected chi connectivity index (χ0v) is 12.8. The lowest BCUT2D eigenvalue weighted by Gasteiger charge is -2.07. The molecule has 0 bridgehead atoms. The Hall–Kier alpha value is -2.68. The van der Waals surface area contributed by atoms with Crippen LogP contribution in [-0.2, 0) is 0 Å². The van der Waals surface area contributed by atoms with Crippen LogP contribution in [0.15, 0.2) is 49.1 Å². The Morgan fingerprint density at radius 1 is 1.14 bits per heavy atom. The van der Waals surface area contributed by atoms with Crippen LogP contribution < -0.4 is 14.2 Å². The molecule has 3 nitrogen and oxygen atoms in total. The molecule has 3 heteroatoms. The number of hydrogen-bond acceptors (Lipinski definition) is 3. The van der Waals surface area contributed by atoms with Crippen LogP contribution in [0.4, 0.5) is 0 Å². The number of ether oxygens (including phenoxy) is 3. The van der Waals surface area contributed by atoms with Gasteiger partial charge in [-0.3, -0.25) is 0 Å². The highest BCUT2D eigenvalue weighted by Gasteiger charge is 2.12. The summed E-state index contributed by atoms with van der Waals surface area (Å²) in [6.07, 6.45) is 4.00. The largest absolute Gasteiger partial charge is 0.496 e. The molecule has 0 saturated heterocycles. The fraction of sp³-hybridized carbons (Fsp3) is 0.158. The molecule has 2 aromatic carbocycles. The van der Waals surface area contributed by atoms with E-state index in [-0.39, 0.29) is 0 Å². The average Bonchev–Trinajstić information content (AvgIpc) is 3.00. The summed E-state index contributed by atoms with van der Waals surface area (Å²) in [7, 11) is 1.68. The summed E-state index contributed by atoms with van der Waals surface area (Å²) < 4.78 is 16.0. The second-order valence-electron chi connectivity index (χ2n) is 5.16. The Labute approximate surface area is 130 Å².